The normalized spacial score (nSPS) is 14.8. The predicted molar refractivity (Wildman–Crippen MR) is 128 cm³/mol. The number of unbranched alkanes of at least 4 members (excludes halogenated alkanes) is 1. The van der Waals surface area contributed by atoms with Crippen molar-refractivity contribution in [3.05, 3.63) is 74.1 Å². The standard InChI is InChI=1S/C25H29FN6O4/c1-2-25(35,18-8-9-19(26)22(13-18)36-15-17-6-7-17)16-32-21(20(14-27)29-30-32)5-3-4-11-31-12-10-23(33)28-24(31)34/h8-10,12-13,17,35H,2-7,11,15-16H2,1H3,(H,28,33,34)/t25-/m1/s1. The summed E-state index contributed by atoms with van der Waals surface area (Å²) < 4.78 is 22.9. The zero-order valence-electron chi connectivity index (χ0n) is 20.1. The first-order valence-electron chi connectivity index (χ1n) is 12.1. The summed E-state index contributed by atoms with van der Waals surface area (Å²) in [6, 6.07) is 7.69. The van der Waals surface area contributed by atoms with E-state index in [4.69, 9.17) is 4.74 Å². The van der Waals surface area contributed by atoms with Gasteiger partial charge in [-0.1, -0.05) is 18.2 Å². The van der Waals surface area contributed by atoms with Crippen LogP contribution in [0.3, 0.4) is 0 Å². The third-order valence-electron chi connectivity index (χ3n) is 6.54. The van der Waals surface area contributed by atoms with E-state index in [0.717, 1.165) is 12.8 Å². The summed E-state index contributed by atoms with van der Waals surface area (Å²) in [5.74, 6) is 0.0935. The molecule has 1 fully saturated rings. The molecule has 3 aromatic rings. The Morgan fingerprint density at radius 3 is 2.81 bits per heavy atom. The largest absolute Gasteiger partial charge is 0.490 e. The van der Waals surface area contributed by atoms with Crippen molar-refractivity contribution in [3.63, 3.8) is 0 Å². The van der Waals surface area contributed by atoms with Gasteiger partial charge in [0.2, 0.25) is 0 Å². The van der Waals surface area contributed by atoms with Gasteiger partial charge in [-0.2, -0.15) is 5.26 Å². The van der Waals surface area contributed by atoms with E-state index in [1.54, 1.807) is 0 Å². The van der Waals surface area contributed by atoms with Crippen molar-refractivity contribution in [1.29, 1.82) is 5.26 Å². The summed E-state index contributed by atoms with van der Waals surface area (Å²) in [5.41, 5.74) is -1.07. The molecule has 0 radical (unpaired) electrons. The molecule has 0 unspecified atom stereocenters. The van der Waals surface area contributed by atoms with E-state index in [9.17, 15) is 24.3 Å². The minimum Gasteiger partial charge on any atom is -0.490 e. The van der Waals surface area contributed by atoms with Crippen LogP contribution < -0.4 is 16.0 Å². The second-order valence-electron chi connectivity index (χ2n) is 9.20. The number of rotatable bonds is 12. The molecule has 1 aliphatic rings. The molecule has 10 nitrogen and oxygen atoms in total. The summed E-state index contributed by atoms with van der Waals surface area (Å²) in [6.45, 7) is 2.70. The van der Waals surface area contributed by atoms with Gasteiger partial charge in [0.05, 0.1) is 18.8 Å². The first kappa shape index (κ1) is 25.3. The van der Waals surface area contributed by atoms with Crippen molar-refractivity contribution in [3.8, 4) is 11.8 Å². The van der Waals surface area contributed by atoms with Crippen LogP contribution in [-0.4, -0.2) is 36.3 Å². The lowest BCUT2D eigenvalue weighted by molar-refractivity contribution is 0.00940. The highest BCUT2D eigenvalue weighted by Gasteiger charge is 2.31. The quantitative estimate of drug-likeness (QED) is 0.367. The van der Waals surface area contributed by atoms with E-state index in [-0.39, 0.29) is 18.0 Å². The number of H-pyrrole nitrogens is 1. The molecular formula is C25H29FN6O4. The lowest BCUT2D eigenvalue weighted by Crippen LogP contribution is -2.32. The molecule has 2 aromatic heterocycles. The van der Waals surface area contributed by atoms with Gasteiger partial charge in [0.15, 0.2) is 17.3 Å². The van der Waals surface area contributed by atoms with E-state index in [1.807, 2.05) is 13.0 Å². The molecule has 11 heteroatoms. The van der Waals surface area contributed by atoms with Crippen LogP contribution in [-0.2, 0) is 25.1 Å². The number of aryl methyl sites for hydroxylation is 1. The van der Waals surface area contributed by atoms with Crippen molar-refractivity contribution in [1.82, 2.24) is 24.5 Å². The van der Waals surface area contributed by atoms with Crippen LogP contribution in [0.15, 0.2) is 40.1 Å². The number of nitriles is 1. The zero-order valence-corrected chi connectivity index (χ0v) is 20.1. The molecule has 4 rings (SSSR count). The van der Waals surface area contributed by atoms with Crippen molar-refractivity contribution in [2.45, 2.75) is 64.1 Å². The van der Waals surface area contributed by atoms with Gasteiger partial charge >= 0.3 is 5.69 Å². The number of halogens is 1. The molecule has 190 valence electrons. The lowest BCUT2D eigenvalue weighted by atomic mass is 9.90. The van der Waals surface area contributed by atoms with Gasteiger partial charge in [0.1, 0.15) is 11.7 Å². The van der Waals surface area contributed by atoms with Crippen LogP contribution in [0.2, 0.25) is 0 Å². The number of hydrogen-bond acceptors (Lipinski definition) is 7. The Balaban J connectivity index is 1.47. The maximum Gasteiger partial charge on any atom is 0.328 e. The van der Waals surface area contributed by atoms with Crippen LogP contribution >= 0.6 is 0 Å². The molecule has 1 aliphatic carbocycles. The molecule has 1 atom stereocenters. The van der Waals surface area contributed by atoms with Gasteiger partial charge in [-0.3, -0.25) is 9.78 Å². The average Bonchev–Trinajstić information content (AvgIpc) is 3.62. The highest BCUT2D eigenvalue weighted by molar-refractivity contribution is 5.34. The van der Waals surface area contributed by atoms with Crippen LogP contribution in [0, 0.1) is 23.1 Å². The number of aromatic amines is 1. The minimum atomic E-state index is -1.39. The Morgan fingerprint density at radius 2 is 2.11 bits per heavy atom. The second-order valence-corrected chi connectivity index (χ2v) is 9.20. The van der Waals surface area contributed by atoms with E-state index in [2.05, 4.69) is 15.3 Å². The van der Waals surface area contributed by atoms with E-state index >= 15 is 0 Å². The van der Waals surface area contributed by atoms with E-state index < -0.39 is 22.7 Å². The van der Waals surface area contributed by atoms with E-state index in [0.29, 0.717) is 56.0 Å². The van der Waals surface area contributed by atoms with Gasteiger partial charge < -0.3 is 14.4 Å². The second kappa shape index (κ2) is 10.9. The SMILES string of the molecule is CC[C@@](O)(Cn1nnc(C#N)c1CCCCn1ccc(=O)[nH]c1=O)c1ccc(F)c(OCC2CC2)c1. The Hall–Kier alpha value is -3.78. The molecule has 36 heavy (non-hydrogen) atoms. The van der Waals surface area contributed by atoms with Gasteiger partial charge in [-0.05, 0) is 62.1 Å². The number of benzene rings is 1. The molecule has 0 spiro atoms. The summed E-state index contributed by atoms with van der Waals surface area (Å²) in [5, 5.41) is 29.1. The third kappa shape index (κ3) is 5.88. The van der Waals surface area contributed by atoms with Crippen LogP contribution in [0.1, 0.15) is 56.0 Å². The first-order chi connectivity index (χ1) is 17.3. The topological polar surface area (TPSA) is 139 Å². The smallest absolute Gasteiger partial charge is 0.328 e. The molecule has 2 heterocycles. The summed E-state index contributed by atoms with van der Waals surface area (Å²) in [4.78, 5) is 25.3. The highest BCUT2D eigenvalue weighted by atomic mass is 19.1. The third-order valence-corrected chi connectivity index (χ3v) is 6.54. The fourth-order valence-corrected chi connectivity index (χ4v) is 4.04. The molecule has 2 N–H and O–H groups in total. The molecule has 1 saturated carbocycles. The Morgan fingerprint density at radius 1 is 1.31 bits per heavy atom. The summed E-state index contributed by atoms with van der Waals surface area (Å²) >= 11 is 0. The Kier molecular flexibility index (Phi) is 7.64. The Labute approximate surface area is 207 Å². The minimum absolute atomic E-state index is 0.0284. The van der Waals surface area contributed by atoms with Gasteiger partial charge in [0.25, 0.3) is 5.56 Å². The molecule has 0 bridgehead atoms. The zero-order chi connectivity index (χ0) is 25.7. The molecule has 0 saturated heterocycles. The van der Waals surface area contributed by atoms with Crippen LogP contribution in [0.25, 0.3) is 0 Å². The lowest BCUT2D eigenvalue weighted by Gasteiger charge is -2.28. The van der Waals surface area contributed by atoms with Gasteiger partial charge in [-0.25, -0.2) is 13.9 Å². The maximum atomic E-state index is 14.3. The maximum absolute atomic E-state index is 14.3. The van der Waals surface area contributed by atoms with E-state index in [1.165, 1.54) is 39.7 Å². The molecule has 0 aliphatic heterocycles. The predicted octanol–water partition coefficient (Wildman–Crippen LogP) is 2.25. The number of aromatic nitrogens is 5. The van der Waals surface area contributed by atoms with Crippen molar-refractivity contribution < 1.29 is 14.2 Å². The monoisotopic (exact) mass is 496 g/mol. The molecule has 1 aromatic carbocycles. The highest BCUT2D eigenvalue weighted by Crippen LogP contribution is 2.34. The van der Waals surface area contributed by atoms with Crippen molar-refractivity contribution in [2.24, 2.45) is 5.92 Å². The first-order valence-corrected chi connectivity index (χ1v) is 12.1. The number of nitrogens with zero attached hydrogens (tertiary/aromatic N) is 5. The fourth-order valence-electron chi connectivity index (χ4n) is 4.04. The number of nitrogens with one attached hydrogen (secondary N) is 1. The Bertz CT molecular complexity index is 1370. The number of ether oxygens (including phenoxy) is 1. The van der Waals surface area contributed by atoms with Crippen molar-refractivity contribution >= 4 is 0 Å². The van der Waals surface area contributed by atoms with Gasteiger partial charge in [-0.15, -0.1) is 5.10 Å². The average molecular weight is 497 g/mol. The molecule has 0 amide bonds. The summed E-state index contributed by atoms with van der Waals surface area (Å²) in [7, 11) is 0. The van der Waals surface area contributed by atoms with Crippen molar-refractivity contribution in [2.75, 3.05) is 6.61 Å². The molecular weight excluding hydrogens is 467 g/mol. The summed E-state index contributed by atoms with van der Waals surface area (Å²) in [6.07, 6.45) is 5.61. The van der Waals surface area contributed by atoms with Crippen LogP contribution in [0.5, 0.6) is 5.75 Å². The van der Waals surface area contributed by atoms with Crippen LogP contribution in [0.4, 0.5) is 4.39 Å². The fraction of sp³-hybridized carbons (Fsp3) is 0.480. The number of aliphatic hydroxyl groups is 1. The number of hydrogen-bond donors (Lipinski definition) is 2. The van der Waals surface area contributed by atoms with Gasteiger partial charge in [0, 0.05) is 18.8 Å².